The Morgan fingerprint density at radius 1 is 1.25 bits per heavy atom. The van der Waals surface area contributed by atoms with Gasteiger partial charge >= 0.3 is 5.97 Å². The van der Waals surface area contributed by atoms with Gasteiger partial charge in [0, 0.05) is 6.42 Å². The molecule has 1 aliphatic rings. The van der Waals surface area contributed by atoms with Crippen LogP contribution in [-0.4, -0.2) is 25.0 Å². The Kier molecular flexibility index (Phi) is 6.69. The van der Waals surface area contributed by atoms with Crippen LogP contribution in [0.4, 0.5) is 0 Å². The Morgan fingerprint density at radius 2 is 2.00 bits per heavy atom. The summed E-state index contributed by atoms with van der Waals surface area (Å²) in [7, 11) is 0. The van der Waals surface area contributed by atoms with E-state index in [1.807, 2.05) is 0 Å². The number of allylic oxidation sites excluding steroid dienone is 2. The summed E-state index contributed by atoms with van der Waals surface area (Å²) in [4.78, 5) is 23.2. The van der Waals surface area contributed by atoms with Crippen LogP contribution in [0.2, 0.25) is 10.0 Å². The maximum absolute atomic E-state index is 11.8. The second kappa shape index (κ2) is 8.54. The molecule has 2 rings (SSSR count). The quantitative estimate of drug-likeness (QED) is 0.680. The monoisotopic (exact) mass is 370 g/mol. The van der Waals surface area contributed by atoms with Gasteiger partial charge in [0.15, 0.2) is 12.4 Å². The fourth-order valence-electron chi connectivity index (χ4n) is 2.76. The molecule has 1 aromatic carbocycles. The SMILES string of the molecule is CCOC(=O)COc1ccc(C2=CC(=O)CCC2CC)c(Cl)c1Cl. The number of carbonyl (C=O) groups excluding carboxylic acids is 2. The van der Waals surface area contributed by atoms with E-state index >= 15 is 0 Å². The summed E-state index contributed by atoms with van der Waals surface area (Å²) in [6.45, 7) is 3.86. The van der Waals surface area contributed by atoms with Crippen molar-refractivity contribution in [1.29, 1.82) is 0 Å². The molecule has 0 radical (unpaired) electrons. The van der Waals surface area contributed by atoms with Crippen LogP contribution in [0.25, 0.3) is 5.57 Å². The zero-order valence-corrected chi connectivity index (χ0v) is 15.2. The van der Waals surface area contributed by atoms with E-state index < -0.39 is 5.97 Å². The average molecular weight is 371 g/mol. The van der Waals surface area contributed by atoms with Gasteiger partial charge in [-0.2, -0.15) is 0 Å². The van der Waals surface area contributed by atoms with Crippen molar-refractivity contribution in [2.24, 2.45) is 5.92 Å². The molecule has 1 atom stereocenters. The number of benzene rings is 1. The van der Waals surface area contributed by atoms with Gasteiger partial charge in [-0.05, 0) is 55.0 Å². The molecule has 24 heavy (non-hydrogen) atoms. The number of ketones is 1. The second-order valence-electron chi connectivity index (χ2n) is 5.54. The first-order valence-electron chi connectivity index (χ1n) is 7.99. The van der Waals surface area contributed by atoms with Gasteiger partial charge in [0.25, 0.3) is 0 Å². The van der Waals surface area contributed by atoms with Crippen molar-refractivity contribution in [2.45, 2.75) is 33.1 Å². The number of halogens is 2. The molecular weight excluding hydrogens is 351 g/mol. The minimum Gasteiger partial charge on any atom is -0.480 e. The fourth-order valence-corrected chi connectivity index (χ4v) is 3.25. The van der Waals surface area contributed by atoms with Gasteiger partial charge in [-0.3, -0.25) is 4.79 Å². The zero-order chi connectivity index (χ0) is 17.7. The van der Waals surface area contributed by atoms with Crippen molar-refractivity contribution in [2.75, 3.05) is 13.2 Å². The molecule has 0 fully saturated rings. The van der Waals surface area contributed by atoms with Gasteiger partial charge in [-0.1, -0.05) is 30.1 Å². The summed E-state index contributed by atoms with van der Waals surface area (Å²) < 4.78 is 10.2. The van der Waals surface area contributed by atoms with Gasteiger partial charge in [-0.15, -0.1) is 0 Å². The molecule has 4 nitrogen and oxygen atoms in total. The molecule has 0 spiro atoms. The van der Waals surface area contributed by atoms with E-state index in [9.17, 15) is 9.59 Å². The van der Waals surface area contributed by atoms with Crippen molar-refractivity contribution in [1.82, 2.24) is 0 Å². The van der Waals surface area contributed by atoms with E-state index in [0.717, 1.165) is 24.0 Å². The number of rotatable bonds is 6. The minimum atomic E-state index is -0.472. The molecule has 0 N–H and O–H groups in total. The summed E-state index contributed by atoms with van der Waals surface area (Å²) in [5.41, 5.74) is 1.66. The van der Waals surface area contributed by atoms with Gasteiger partial charge in [-0.25, -0.2) is 4.79 Å². The van der Waals surface area contributed by atoms with Crippen LogP contribution >= 0.6 is 23.2 Å². The number of carbonyl (C=O) groups is 2. The molecule has 0 saturated carbocycles. The molecule has 1 unspecified atom stereocenters. The Balaban J connectivity index is 2.26. The first-order chi connectivity index (χ1) is 11.5. The molecule has 1 aromatic rings. The highest BCUT2D eigenvalue weighted by molar-refractivity contribution is 6.44. The largest absolute Gasteiger partial charge is 0.480 e. The van der Waals surface area contributed by atoms with E-state index in [2.05, 4.69) is 6.92 Å². The number of hydrogen-bond acceptors (Lipinski definition) is 4. The standard InChI is InChI=1S/C18H20Cl2O4/c1-3-11-5-6-12(21)9-14(11)13-7-8-15(18(20)17(13)19)24-10-16(22)23-4-2/h7-9,11H,3-6,10H2,1-2H3. The van der Waals surface area contributed by atoms with Crippen LogP contribution in [0.5, 0.6) is 5.75 Å². The third-order valence-electron chi connectivity index (χ3n) is 4.00. The van der Waals surface area contributed by atoms with E-state index in [-0.39, 0.29) is 29.9 Å². The molecule has 1 aliphatic carbocycles. The van der Waals surface area contributed by atoms with Gasteiger partial charge < -0.3 is 9.47 Å². The van der Waals surface area contributed by atoms with Gasteiger partial charge in [0.1, 0.15) is 10.8 Å². The summed E-state index contributed by atoms with van der Waals surface area (Å²) in [6, 6.07) is 3.44. The topological polar surface area (TPSA) is 52.6 Å². The van der Waals surface area contributed by atoms with Crippen LogP contribution in [0.3, 0.4) is 0 Å². The van der Waals surface area contributed by atoms with E-state index in [0.29, 0.717) is 17.2 Å². The molecule has 0 saturated heterocycles. The van der Waals surface area contributed by atoms with Crippen molar-refractivity contribution >= 4 is 40.5 Å². The number of ether oxygens (including phenoxy) is 2. The lowest BCUT2D eigenvalue weighted by atomic mass is 9.81. The lowest BCUT2D eigenvalue weighted by Gasteiger charge is -2.24. The lowest BCUT2D eigenvalue weighted by molar-refractivity contribution is -0.145. The van der Waals surface area contributed by atoms with Gasteiger partial charge in [0.2, 0.25) is 0 Å². The minimum absolute atomic E-state index is 0.101. The van der Waals surface area contributed by atoms with Crippen molar-refractivity contribution in [3.8, 4) is 5.75 Å². The smallest absolute Gasteiger partial charge is 0.344 e. The molecule has 0 amide bonds. The van der Waals surface area contributed by atoms with Crippen LogP contribution < -0.4 is 4.74 Å². The van der Waals surface area contributed by atoms with Crippen molar-refractivity contribution in [3.05, 3.63) is 33.8 Å². The Hall–Kier alpha value is -1.52. The number of esters is 1. The predicted octanol–water partition coefficient (Wildman–Crippen LogP) is 4.71. The van der Waals surface area contributed by atoms with E-state index in [4.69, 9.17) is 32.7 Å². The Labute approximate surface area is 151 Å². The Morgan fingerprint density at radius 3 is 2.67 bits per heavy atom. The predicted molar refractivity (Wildman–Crippen MR) is 94.6 cm³/mol. The summed E-state index contributed by atoms with van der Waals surface area (Å²) >= 11 is 12.7. The van der Waals surface area contributed by atoms with E-state index in [1.54, 1.807) is 25.1 Å². The normalized spacial score (nSPS) is 17.4. The van der Waals surface area contributed by atoms with Crippen molar-refractivity contribution in [3.63, 3.8) is 0 Å². The van der Waals surface area contributed by atoms with Crippen LogP contribution in [0, 0.1) is 5.92 Å². The maximum atomic E-state index is 11.8. The number of hydrogen-bond donors (Lipinski definition) is 0. The molecule has 6 heteroatoms. The lowest BCUT2D eigenvalue weighted by Crippen LogP contribution is -2.15. The molecule has 0 aromatic heterocycles. The summed E-state index contributed by atoms with van der Waals surface area (Å²) in [5, 5.41) is 0.560. The van der Waals surface area contributed by atoms with Gasteiger partial charge in [0.05, 0.1) is 11.6 Å². The van der Waals surface area contributed by atoms with E-state index in [1.165, 1.54) is 0 Å². The van der Waals surface area contributed by atoms with Crippen molar-refractivity contribution < 1.29 is 19.1 Å². The average Bonchev–Trinajstić information content (AvgIpc) is 2.56. The highest BCUT2D eigenvalue weighted by Gasteiger charge is 2.24. The first kappa shape index (κ1) is 18.8. The molecule has 0 bridgehead atoms. The van der Waals surface area contributed by atoms with Crippen LogP contribution in [0.15, 0.2) is 18.2 Å². The third kappa shape index (κ3) is 4.31. The fraction of sp³-hybridized carbons (Fsp3) is 0.444. The highest BCUT2D eigenvalue weighted by Crippen LogP contribution is 2.42. The molecular formula is C18H20Cl2O4. The molecule has 0 heterocycles. The highest BCUT2D eigenvalue weighted by atomic mass is 35.5. The molecule has 130 valence electrons. The third-order valence-corrected chi connectivity index (χ3v) is 4.86. The zero-order valence-electron chi connectivity index (χ0n) is 13.7. The first-order valence-corrected chi connectivity index (χ1v) is 8.74. The summed E-state index contributed by atoms with van der Waals surface area (Å²) in [5.74, 6) is 0.224. The van der Waals surface area contributed by atoms with Crippen LogP contribution in [-0.2, 0) is 14.3 Å². The second-order valence-corrected chi connectivity index (χ2v) is 6.30. The Bertz CT molecular complexity index is 667. The van der Waals surface area contributed by atoms with Crippen LogP contribution in [0.1, 0.15) is 38.7 Å². The maximum Gasteiger partial charge on any atom is 0.344 e. The molecule has 0 aliphatic heterocycles. The summed E-state index contributed by atoms with van der Waals surface area (Å²) in [6.07, 6.45) is 3.97.